The van der Waals surface area contributed by atoms with E-state index in [1.165, 1.54) is 0 Å². The van der Waals surface area contributed by atoms with Crippen LogP contribution < -0.4 is 4.90 Å². The molecular formula is C15H22NO2Si. The lowest BCUT2D eigenvalue weighted by Gasteiger charge is -2.29. The minimum absolute atomic E-state index is 0.279. The Morgan fingerprint density at radius 3 is 2.47 bits per heavy atom. The maximum Gasteiger partial charge on any atom is 0.414 e. The first-order valence-corrected chi connectivity index (χ1v) is 7.41. The van der Waals surface area contributed by atoms with Gasteiger partial charge in [-0.25, -0.2) is 4.79 Å². The first-order chi connectivity index (χ1) is 9.00. The molecule has 0 N–H and O–H groups in total. The van der Waals surface area contributed by atoms with Crippen molar-refractivity contribution in [3.63, 3.8) is 0 Å². The smallest absolute Gasteiger partial charge is 0.414 e. The Morgan fingerprint density at radius 1 is 1.32 bits per heavy atom. The third kappa shape index (κ3) is 5.07. The molecule has 0 aliphatic carbocycles. The van der Waals surface area contributed by atoms with Crippen LogP contribution in [0.25, 0.3) is 0 Å². The molecule has 0 fully saturated rings. The molecule has 0 unspecified atom stereocenters. The molecule has 0 spiro atoms. The first-order valence-electron chi connectivity index (χ1n) is 6.70. The Kier molecular flexibility index (Phi) is 6.08. The van der Waals surface area contributed by atoms with E-state index in [1.54, 1.807) is 4.90 Å². The number of carbonyl (C=O) groups is 1. The summed E-state index contributed by atoms with van der Waals surface area (Å²) in [6.07, 6.45) is 1.39. The van der Waals surface area contributed by atoms with Crippen LogP contribution in [0.1, 0.15) is 33.6 Å². The normalized spacial score (nSPS) is 11.2. The van der Waals surface area contributed by atoms with Crippen molar-refractivity contribution in [3.05, 3.63) is 30.3 Å². The monoisotopic (exact) mass is 276 g/mol. The summed E-state index contributed by atoms with van der Waals surface area (Å²) < 4.78 is 5.57. The number of anilines is 1. The Balaban J connectivity index is 2.82. The van der Waals surface area contributed by atoms with Gasteiger partial charge in [-0.2, -0.15) is 0 Å². The Bertz CT molecular complexity index is 392. The topological polar surface area (TPSA) is 29.5 Å². The average molecular weight is 276 g/mol. The molecule has 1 amide bonds. The molecule has 3 nitrogen and oxygen atoms in total. The SMILES string of the molecule is CCC(C)(C)OC(=O)N(CCC[Si])c1ccccc1. The van der Waals surface area contributed by atoms with E-state index in [2.05, 4.69) is 10.2 Å². The Labute approximate surface area is 119 Å². The number of benzene rings is 1. The maximum atomic E-state index is 12.3. The molecule has 0 aliphatic heterocycles. The predicted octanol–water partition coefficient (Wildman–Crippen LogP) is 3.80. The highest BCUT2D eigenvalue weighted by atomic mass is 28.1. The summed E-state index contributed by atoms with van der Waals surface area (Å²) >= 11 is 0. The molecule has 0 aromatic heterocycles. The lowest BCUT2D eigenvalue weighted by molar-refractivity contribution is 0.0412. The zero-order valence-electron chi connectivity index (χ0n) is 12.0. The molecule has 103 valence electrons. The van der Waals surface area contributed by atoms with Crippen LogP contribution in [-0.2, 0) is 4.74 Å². The maximum absolute atomic E-state index is 12.3. The molecule has 3 radical (unpaired) electrons. The Hall–Kier alpha value is -1.29. The molecule has 0 saturated heterocycles. The van der Waals surface area contributed by atoms with Gasteiger partial charge in [-0.3, -0.25) is 4.90 Å². The second kappa shape index (κ2) is 7.33. The second-order valence-electron chi connectivity index (χ2n) is 5.07. The van der Waals surface area contributed by atoms with Gasteiger partial charge in [-0.15, -0.1) is 0 Å². The fourth-order valence-corrected chi connectivity index (χ4v) is 1.69. The van der Waals surface area contributed by atoms with Crippen LogP contribution in [0.4, 0.5) is 10.5 Å². The third-order valence-electron chi connectivity index (χ3n) is 3.06. The van der Waals surface area contributed by atoms with Gasteiger partial charge in [0.1, 0.15) is 5.60 Å². The van der Waals surface area contributed by atoms with Gasteiger partial charge in [0.05, 0.1) is 0 Å². The van der Waals surface area contributed by atoms with E-state index >= 15 is 0 Å². The summed E-state index contributed by atoms with van der Waals surface area (Å²) in [5.41, 5.74) is 0.442. The van der Waals surface area contributed by atoms with Crippen LogP contribution >= 0.6 is 0 Å². The van der Waals surface area contributed by atoms with Gasteiger partial charge < -0.3 is 4.74 Å². The van der Waals surface area contributed by atoms with Gasteiger partial charge >= 0.3 is 6.09 Å². The van der Waals surface area contributed by atoms with E-state index in [1.807, 2.05) is 51.1 Å². The van der Waals surface area contributed by atoms with Crippen molar-refractivity contribution in [2.45, 2.75) is 45.3 Å². The van der Waals surface area contributed by atoms with Crippen LogP contribution in [-0.4, -0.2) is 28.5 Å². The lowest BCUT2D eigenvalue weighted by Crippen LogP contribution is -2.38. The molecule has 0 aliphatic rings. The number of hydrogen-bond acceptors (Lipinski definition) is 2. The highest BCUT2D eigenvalue weighted by Gasteiger charge is 2.25. The van der Waals surface area contributed by atoms with E-state index in [0.717, 1.165) is 24.6 Å². The molecule has 1 rings (SSSR count). The summed E-state index contributed by atoms with van der Waals surface area (Å²) in [6.45, 7) is 6.51. The summed E-state index contributed by atoms with van der Waals surface area (Å²) in [4.78, 5) is 14.0. The van der Waals surface area contributed by atoms with Gasteiger partial charge in [-0.1, -0.05) is 31.2 Å². The van der Waals surface area contributed by atoms with Crippen molar-refractivity contribution in [3.8, 4) is 0 Å². The van der Waals surface area contributed by atoms with Crippen LogP contribution in [0.2, 0.25) is 6.04 Å². The summed E-state index contributed by atoms with van der Waals surface area (Å²) in [6, 6.07) is 10.5. The number of ether oxygens (including phenoxy) is 1. The van der Waals surface area contributed by atoms with E-state index in [4.69, 9.17) is 4.74 Å². The molecule has 1 aromatic rings. The number of amides is 1. The van der Waals surface area contributed by atoms with Crippen molar-refractivity contribution in [1.29, 1.82) is 0 Å². The number of hydrogen-bond donors (Lipinski definition) is 0. The fraction of sp³-hybridized carbons (Fsp3) is 0.533. The number of rotatable bonds is 6. The van der Waals surface area contributed by atoms with Crippen LogP contribution in [0, 0.1) is 0 Å². The summed E-state index contributed by atoms with van der Waals surface area (Å²) in [5.74, 6) is 0. The first kappa shape index (κ1) is 15.8. The summed E-state index contributed by atoms with van der Waals surface area (Å²) in [7, 11) is 3.44. The highest BCUT2D eigenvalue weighted by Crippen LogP contribution is 2.20. The minimum Gasteiger partial charge on any atom is -0.443 e. The lowest BCUT2D eigenvalue weighted by atomic mass is 10.1. The number of carbonyl (C=O) groups excluding carboxylic acids is 1. The third-order valence-corrected chi connectivity index (χ3v) is 3.42. The zero-order chi connectivity index (χ0) is 14.3. The quantitative estimate of drug-likeness (QED) is 0.740. The number of nitrogens with zero attached hydrogens (tertiary/aromatic N) is 1. The van der Waals surface area contributed by atoms with Crippen molar-refractivity contribution in [1.82, 2.24) is 0 Å². The largest absolute Gasteiger partial charge is 0.443 e. The second-order valence-corrected chi connectivity index (χ2v) is 5.57. The number of para-hydroxylation sites is 1. The van der Waals surface area contributed by atoms with Crippen molar-refractivity contribution >= 4 is 22.0 Å². The van der Waals surface area contributed by atoms with Gasteiger partial charge in [0.15, 0.2) is 0 Å². The van der Waals surface area contributed by atoms with Crippen molar-refractivity contribution in [2.75, 3.05) is 11.4 Å². The van der Waals surface area contributed by atoms with E-state index in [9.17, 15) is 4.79 Å². The molecule has 0 atom stereocenters. The van der Waals surface area contributed by atoms with Crippen LogP contribution in [0.3, 0.4) is 0 Å². The standard InChI is InChI=1S/C15H22NO2Si/c1-4-15(2,3)18-14(17)16(11-8-12-19)13-9-6-5-7-10-13/h5-7,9-10H,4,8,11-12H2,1-3H3. The average Bonchev–Trinajstić information content (AvgIpc) is 2.40. The van der Waals surface area contributed by atoms with E-state index < -0.39 is 5.60 Å². The molecule has 0 heterocycles. The molecule has 0 saturated carbocycles. The van der Waals surface area contributed by atoms with Crippen molar-refractivity contribution in [2.24, 2.45) is 0 Å². The zero-order valence-corrected chi connectivity index (χ0v) is 13.0. The van der Waals surface area contributed by atoms with Gasteiger partial charge in [0, 0.05) is 22.5 Å². The summed E-state index contributed by atoms with van der Waals surface area (Å²) in [5, 5.41) is 0. The molecule has 0 bridgehead atoms. The molecule has 1 aromatic carbocycles. The molecule has 19 heavy (non-hydrogen) atoms. The predicted molar refractivity (Wildman–Crippen MR) is 79.8 cm³/mol. The van der Waals surface area contributed by atoms with Gasteiger partial charge in [0.25, 0.3) is 0 Å². The van der Waals surface area contributed by atoms with E-state index in [0.29, 0.717) is 6.54 Å². The van der Waals surface area contributed by atoms with Crippen LogP contribution in [0.15, 0.2) is 30.3 Å². The van der Waals surface area contributed by atoms with Crippen LogP contribution in [0.5, 0.6) is 0 Å². The van der Waals surface area contributed by atoms with Crippen molar-refractivity contribution < 1.29 is 9.53 Å². The molecular weight excluding hydrogens is 254 g/mol. The Morgan fingerprint density at radius 2 is 1.95 bits per heavy atom. The molecule has 4 heteroatoms. The fourth-order valence-electron chi connectivity index (χ4n) is 1.53. The van der Waals surface area contributed by atoms with Gasteiger partial charge in [0.2, 0.25) is 0 Å². The highest BCUT2D eigenvalue weighted by molar-refractivity contribution is 6.08. The minimum atomic E-state index is -0.432. The van der Waals surface area contributed by atoms with E-state index in [-0.39, 0.29) is 6.09 Å². The van der Waals surface area contributed by atoms with Gasteiger partial charge in [-0.05, 0) is 38.8 Å².